The average molecular weight is 289 g/mol. The molecule has 96 valence electrons. The summed E-state index contributed by atoms with van der Waals surface area (Å²) >= 11 is 5.72. The topological polar surface area (TPSA) is 89.3 Å². The third kappa shape index (κ3) is 3.20. The number of nitro benzene ring substituents is 1. The lowest BCUT2D eigenvalue weighted by atomic mass is 10.3. The van der Waals surface area contributed by atoms with Gasteiger partial charge in [0.25, 0.3) is 5.69 Å². The molecule has 1 aromatic carbocycles. The number of rotatable bonds is 4. The number of nitrogens with zero attached hydrogens (tertiary/aromatic N) is 1. The first-order chi connectivity index (χ1) is 8.27. The van der Waals surface area contributed by atoms with Crippen molar-refractivity contribution in [2.45, 2.75) is 17.9 Å². The number of nitro groups is 1. The number of benzene rings is 1. The summed E-state index contributed by atoms with van der Waals surface area (Å²) < 4.78 is 25.9. The molecule has 1 N–H and O–H groups in total. The van der Waals surface area contributed by atoms with Crippen LogP contribution in [-0.2, 0) is 10.0 Å². The molecule has 0 aliphatic heterocycles. The fraction of sp³-hybridized carbons (Fsp3) is 0.200. The van der Waals surface area contributed by atoms with Gasteiger partial charge < -0.3 is 0 Å². The van der Waals surface area contributed by atoms with E-state index < -0.39 is 21.0 Å². The van der Waals surface area contributed by atoms with E-state index in [-0.39, 0.29) is 15.6 Å². The van der Waals surface area contributed by atoms with Crippen LogP contribution >= 0.6 is 11.6 Å². The van der Waals surface area contributed by atoms with E-state index >= 15 is 0 Å². The van der Waals surface area contributed by atoms with Crippen molar-refractivity contribution >= 4 is 27.3 Å². The van der Waals surface area contributed by atoms with Crippen molar-refractivity contribution in [2.75, 3.05) is 0 Å². The molecular weight excluding hydrogens is 280 g/mol. The largest absolute Gasteiger partial charge is 0.270 e. The molecule has 1 unspecified atom stereocenters. The van der Waals surface area contributed by atoms with E-state index in [0.717, 1.165) is 18.2 Å². The molecule has 18 heavy (non-hydrogen) atoms. The molecule has 0 saturated heterocycles. The van der Waals surface area contributed by atoms with Gasteiger partial charge in [0.1, 0.15) is 4.90 Å². The number of non-ortho nitro benzene ring substituents is 1. The third-order valence-corrected chi connectivity index (χ3v) is 4.02. The van der Waals surface area contributed by atoms with Gasteiger partial charge in [0.2, 0.25) is 10.0 Å². The van der Waals surface area contributed by atoms with Gasteiger partial charge in [-0.25, -0.2) is 8.42 Å². The maximum atomic E-state index is 11.9. The second-order valence-electron chi connectivity index (χ2n) is 3.38. The number of hydrogen-bond donors (Lipinski definition) is 1. The molecule has 0 aliphatic rings. The SMILES string of the molecule is C#CC(C)NS(=O)(=O)c1cc([N+](=O)[O-])ccc1Cl. The summed E-state index contributed by atoms with van der Waals surface area (Å²) in [7, 11) is -3.99. The average Bonchev–Trinajstić information content (AvgIpc) is 2.28. The first-order valence-electron chi connectivity index (χ1n) is 4.70. The van der Waals surface area contributed by atoms with Gasteiger partial charge in [-0.05, 0) is 13.0 Å². The van der Waals surface area contributed by atoms with E-state index in [2.05, 4.69) is 10.6 Å². The summed E-state index contributed by atoms with van der Waals surface area (Å²) in [6.07, 6.45) is 5.06. The van der Waals surface area contributed by atoms with E-state index in [1.165, 1.54) is 6.92 Å². The molecular formula is C10H9ClN2O4S. The lowest BCUT2D eigenvalue weighted by Gasteiger charge is -2.10. The van der Waals surface area contributed by atoms with E-state index in [1.807, 2.05) is 0 Å². The molecule has 0 fully saturated rings. The standard InChI is InChI=1S/C10H9ClN2O4S/c1-3-7(2)12-18(16,17)10-6-8(13(14)15)4-5-9(10)11/h1,4-7,12H,2H3. The molecule has 1 rings (SSSR count). The molecule has 6 nitrogen and oxygen atoms in total. The first kappa shape index (κ1) is 14.4. The Labute approximate surface area is 109 Å². The Balaban J connectivity index is 3.28. The highest BCUT2D eigenvalue weighted by molar-refractivity contribution is 7.89. The zero-order valence-corrected chi connectivity index (χ0v) is 10.8. The van der Waals surface area contributed by atoms with Gasteiger partial charge in [-0.2, -0.15) is 4.72 Å². The third-order valence-electron chi connectivity index (χ3n) is 2.00. The van der Waals surface area contributed by atoms with Gasteiger partial charge >= 0.3 is 0 Å². The molecule has 0 heterocycles. The first-order valence-corrected chi connectivity index (χ1v) is 6.56. The number of nitrogens with one attached hydrogen (secondary N) is 1. The van der Waals surface area contributed by atoms with Crippen LogP contribution in [0.25, 0.3) is 0 Å². The van der Waals surface area contributed by atoms with Crippen LogP contribution in [0.1, 0.15) is 6.92 Å². The zero-order chi connectivity index (χ0) is 13.9. The number of sulfonamides is 1. The van der Waals surface area contributed by atoms with Crippen LogP contribution in [-0.4, -0.2) is 19.4 Å². The maximum absolute atomic E-state index is 11.9. The van der Waals surface area contributed by atoms with Crippen molar-refractivity contribution < 1.29 is 13.3 Å². The highest BCUT2D eigenvalue weighted by atomic mass is 35.5. The molecule has 0 saturated carbocycles. The van der Waals surface area contributed by atoms with Crippen LogP contribution < -0.4 is 4.72 Å². The lowest BCUT2D eigenvalue weighted by molar-refractivity contribution is -0.385. The molecule has 0 aliphatic carbocycles. The summed E-state index contributed by atoms with van der Waals surface area (Å²) in [5.41, 5.74) is -0.367. The molecule has 0 amide bonds. The van der Waals surface area contributed by atoms with Crippen molar-refractivity contribution in [1.82, 2.24) is 4.72 Å². The Morgan fingerprint density at radius 2 is 2.17 bits per heavy atom. The normalized spacial score (nSPS) is 12.7. The van der Waals surface area contributed by atoms with Crippen LogP contribution in [0.15, 0.2) is 23.1 Å². The minimum Gasteiger partial charge on any atom is -0.258 e. The van der Waals surface area contributed by atoms with Gasteiger partial charge in [-0.1, -0.05) is 17.5 Å². The van der Waals surface area contributed by atoms with Gasteiger partial charge in [-0.3, -0.25) is 10.1 Å². The Hall–Kier alpha value is -1.62. The molecule has 0 bridgehead atoms. The molecule has 1 aromatic rings. The van der Waals surface area contributed by atoms with Gasteiger partial charge in [0, 0.05) is 12.1 Å². The molecule has 1 atom stereocenters. The monoisotopic (exact) mass is 288 g/mol. The molecule has 0 aromatic heterocycles. The Kier molecular flexibility index (Phi) is 4.29. The van der Waals surface area contributed by atoms with Crippen LogP contribution in [0.4, 0.5) is 5.69 Å². The second-order valence-corrected chi connectivity index (χ2v) is 5.47. The van der Waals surface area contributed by atoms with Crippen molar-refractivity contribution in [3.05, 3.63) is 33.3 Å². The predicted molar refractivity (Wildman–Crippen MR) is 66.7 cm³/mol. The lowest BCUT2D eigenvalue weighted by Crippen LogP contribution is -2.31. The Morgan fingerprint density at radius 1 is 1.56 bits per heavy atom. The number of hydrogen-bond acceptors (Lipinski definition) is 4. The minimum absolute atomic E-state index is 0.114. The van der Waals surface area contributed by atoms with Crippen LogP contribution in [0.5, 0.6) is 0 Å². The Morgan fingerprint density at radius 3 is 2.67 bits per heavy atom. The summed E-state index contributed by atoms with van der Waals surface area (Å²) in [6.45, 7) is 1.46. The zero-order valence-electron chi connectivity index (χ0n) is 9.25. The molecule has 0 spiro atoms. The highest BCUT2D eigenvalue weighted by Gasteiger charge is 2.22. The summed E-state index contributed by atoms with van der Waals surface area (Å²) in [5.74, 6) is 2.18. The van der Waals surface area contributed by atoms with E-state index in [4.69, 9.17) is 18.0 Å². The van der Waals surface area contributed by atoms with Gasteiger partial charge in [0.15, 0.2) is 0 Å². The maximum Gasteiger partial charge on any atom is 0.270 e. The number of halogens is 1. The van der Waals surface area contributed by atoms with Crippen molar-refractivity contribution in [3.63, 3.8) is 0 Å². The smallest absolute Gasteiger partial charge is 0.258 e. The predicted octanol–water partition coefficient (Wildman–Crippen LogP) is 1.55. The van der Waals surface area contributed by atoms with Crippen molar-refractivity contribution in [2.24, 2.45) is 0 Å². The van der Waals surface area contributed by atoms with Crippen molar-refractivity contribution in [1.29, 1.82) is 0 Å². The van der Waals surface area contributed by atoms with Crippen LogP contribution in [0.2, 0.25) is 5.02 Å². The van der Waals surface area contributed by atoms with Crippen molar-refractivity contribution in [3.8, 4) is 12.3 Å². The molecule has 0 radical (unpaired) electrons. The van der Waals surface area contributed by atoms with Gasteiger partial charge in [0.05, 0.1) is 16.0 Å². The Bertz CT molecular complexity index is 621. The van der Waals surface area contributed by atoms with E-state index in [0.29, 0.717) is 0 Å². The van der Waals surface area contributed by atoms with E-state index in [9.17, 15) is 18.5 Å². The van der Waals surface area contributed by atoms with E-state index in [1.54, 1.807) is 0 Å². The minimum atomic E-state index is -3.99. The quantitative estimate of drug-likeness (QED) is 0.517. The fourth-order valence-corrected chi connectivity index (χ4v) is 2.83. The van der Waals surface area contributed by atoms with Crippen LogP contribution in [0, 0.1) is 22.5 Å². The fourth-order valence-electron chi connectivity index (χ4n) is 1.14. The molecule has 8 heteroatoms. The summed E-state index contributed by atoms with van der Waals surface area (Å²) in [4.78, 5) is 9.50. The van der Waals surface area contributed by atoms with Gasteiger partial charge in [-0.15, -0.1) is 6.42 Å². The van der Waals surface area contributed by atoms with Crippen LogP contribution in [0.3, 0.4) is 0 Å². The number of terminal acetylenes is 1. The summed E-state index contributed by atoms with van der Waals surface area (Å²) in [5, 5.41) is 10.5. The summed E-state index contributed by atoms with van der Waals surface area (Å²) in [6, 6.07) is 2.40. The highest BCUT2D eigenvalue weighted by Crippen LogP contribution is 2.26. The second kappa shape index (κ2) is 5.35.